The molecular weight excluding hydrogens is 285 g/mol. The molecule has 0 saturated carbocycles. The summed E-state index contributed by atoms with van der Waals surface area (Å²) in [5.41, 5.74) is 1.78. The van der Waals surface area contributed by atoms with Gasteiger partial charge in [-0.15, -0.1) is 0 Å². The number of rotatable bonds is 3. The zero-order valence-corrected chi connectivity index (χ0v) is 12.4. The number of carboxylic acids is 1. The number of hydrogen-bond donors (Lipinski definition) is 1. The second kappa shape index (κ2) is 5.79. The van der Waals surface area contributed by atoms with Gasteiger partial charge in [-0.1, -0.05) is 6.07 Å². The van der Waals surface area contributed by atoms with E-state index in [2.05, 4.69) is 10.00 Å². The quantitative estimate of drug-likeness (QED) is 0.947. The molecule has 22 heavy (non-hydrogen) atoms. The number of piperidine rings is 1. The Kier molecular flexibility index (Phi) is 3.83. The summed E-state index contributed by atoms with van der Waals surface area (Å²) in [7, 11) is 1.65. The average Bonchev–Trinajstić information content (AvgIpc) is 2.90. The maximum Gasteiger partial charge on any atom is 0.356 e. The Morgan fingerprint density at radius 3 is 2.55 bits per heavy atom. The number of aryl methyl sites for hydroxylation is 1. The molecule has 6 heteroatoms. The Labute approximate surface area is 128 Å². The van der Waals surface area contributed by atoms with Crippen molar-refractivity contribution in [3.8, 4) is 11.3 Å². The molecule has 0 unspecified atom stereocenters. The van der Waals surface area contributed by atoms with Crippen LogP contribution in [-0.4, -0.2) is 33.9 Å². The smallest absolute Gasteiger partial charge is 0.356 e. The summed E-state index contributed by atoms with van der Waals surface area (Å²) < 4.78 is 15.9. The minimum atomic E-state index is -1.09. The largest absolute Gasteiger partial charge is 0.476 e. The minimum Gasteiger partial charge on any atom is -0.476 e. The molecule has 1 aromatic carbocycles. The summed E-state index contributed by atoms with van der Waals surface area (Å²) in [6.45, 7) is 1.76. The van der Waals surface area contributed by atoms with Gasteiger partial charge in [0, 0.05) is 25.7 Å². The fourth-order valence-corrected chi connectivity index (χ4v) is 2.90. The second-order valence-corrected chi connectivity index (χ2v) is 5.56. The molecule has 0 bridgehead atoms. The maximum atomic E-state index is 14.4. The molecule has 0 amide bonds. The van der Waals surface area contributed by atoms with Crippen molar-refractivity contribution in [2.75, 3.05) is 18.0 Å². The van der Waals surface area contributed by atoms with Crippen molar-refractivity contribution in [1.29, 1.82) is 0 Å². The summed E-state index contributed by atoms with van der Waals surface area (Å²) in [5.74, 6) is -1.37. The van der Waals surface area contributed by atoms with Crippen molar-refractivity contribution in [1.82, 2.24) is 9.78 Å². The Bertz CT molecular complexity index is 705. The first-order valence-corrected chi connectivity index (χ1v) is 7.38. The summed E-state index contributed by atoms with van der Waals surface area (Å²) in [4.78, 5) is 13.0. The van der Waals surface area contributed by atoms with E-state index >= 15 is 0 Å². The van der Waals surface area contributed by atoms with Gasteiger partial charge in [0.2, 0.25) is 0 Å². The first-order valence-electron chi connectivity index (χ1n) is 7.38. The fraction of sp³-hybridized carbons (Fsp3) is 0.375. The molecular formula is C16H18FN3O2. The fourth-order valence-electron chi connectivity index (χ4n) is 2.90. The van der Waals surface area contributed by atoms with E-state index in [0.29, 0.717) is 16.9 Å². The molecule has 0 atom stereocenters. The van der Waals surface area contributed by atoms with Crippen molar-refractivity contribution in [3.63, 3.8) is 0 Å². The highest BCUT2D eigenvalue weighted by Crippen LogP contribution is 2.28. The highest BCUT2D eigenvalue weighted by Gasteiger charge is 2.17. The zero-order valence-electron chi connectivity index (χ0n) is 12.4. The standard InChI is InChI=1S/C16H18FN3O2/c1-19-15(10-13(18-19)16(21)22)11-5-6-14(12(17)9-11)20-7-3-2-4-8-20/h5-6,9-10H,2-4,7-8H2,1H3,(H,21,22). The lowest BCUT2D eigenvalue weighted by atomic mass is 10.1. The van der Waals surface area contributed by atoms with E-state index in [1.165, 1.54) is 23.2 Å². The molecule has 2 aromatic rings. The molecule has 5 nitrogen and oxygen atoms in total. The average molecular weight is 303 g/mol. The molecule has 0 radical (unpaired) electrons. The third kappa shape index (κ3) is 2.68. The first kappa shape index (κ1) is 14.6. The van der Waals surface area contributed by atoms with Gasteiger partial charge in [0.15, 0.2) is 5.69 Å². The van der Waals surface area contributed by atoms with Crippen LogP contribution in [0.25, 0.3) is 11.3 Å². The maximum absolute atomic E-state index is 14.4. The van der Waals surface area contributed by atoms with Gasteiger partial charge < -0.3 is 10.0 Å². The second-order valence-electron chi connectivity index (χ2n) is 5.56. The van der Waals surface area contributed by atoms with E-state index in [4.69, 9.17) is 5.11 Å². The number of nitrogens with zero attached hydrogens (tertiary/aromatic N) is 3. The SMILES string of the molecule is Cn1nc(C(=O)O)cc1-c1ccc(N2CCCCC2)c(F)c1. The van der Waals surface area contributed by atoms with Crippen LogP contribution >= 0.6 is 0 Å². The van der Waals surface area contributed by atoms with E-state index < -0.39 is 5.97 Å². The number of halogens is 1. The van der Waals surface area contributed by atoms with E-state index in [1.54, 1.807) is 13.1 Å². The lowest BCUT2D eigenvalue weighted by Crippen LogP contribution is -2.30. The first-order chi connectivity index (χ1) is 10.6. The van der Waals surface area contributed by atoms with Crippen LogP contribution in [0.5, 0.6) is 0 Å². The highest BCUT2D eigenvalue weighted by molar-refractivity contribution is 5.87. The Balaban J connectivity index is 1.93. The monoisotopic (exact) mass is 303 g/mol. The molecule has 2 heterocycles. The van der Waals surface area contributed by atoms with Gasteiger partial charge in [-0.05, 0) is 37.5 Å². The van der Waals surface area contributed by atoms with Crippen molar-refractivity contribution in [3.05, 3.63) is 35.8 Å². The predicted molar refractivity (Wildman–Crippen MR) is 81.6 cm³/mol. The Hall–Kier alpha value is -2.37. The van der Waals surface area contributed by atoms with Gasteiger partial charge in [-0.3, -0.25) is 4.68 Å². The van der Waals surface area contributed by atoms with E-state index in [1.807, 2.05) is 6.07 Å². The Morgan fingerprint density at radius 2 is 1.95 bits per heavy atom. The van der Waals surface area contributed by atoms with Crippen LogP contribution in [0.4, 0.5) is 10.1 Å². The summed E-state index contributed by atoms with van der Waals surface area (Å²) >= 11 is 0. The molecule has 1 aliphatic heterocycles. The molecule has 0 spiro atoms. The molecule has 116 valence electrons. The van der Waals surface area contributed by atoms with Crippen LogP contribution in [0.3, 0.4) is 0 Å². The number of aromatic carboxylic acids is 1. The van der Waals surface area contributed by atoms with Crippen molar-refractivity contribution in [2.24, 2.45) is 7.05 Å². The number of benzene rings is 1. The van der Waals surface area contributed by atoms with Gasteiger partial charge >= 0.3 is 5.97 Å². The Morgan fingerprint density at radius 1 is 1.23 bits per heavy atom. The van der Waals surface area contributed by atoms with E-state index in [0.717, 1.165) is 25.9 Å². The topological polar surface area (TPSA) is 58.4 Å². The van der Waals surface area contributed by atoms with Crippen LogP contribution in [0.1, 0.15) is 29.8 Å². The van der Waals surface area contributed by atoms with Crippen LogP contribution in [0.2, 0.25) is 0 Å². The molecule has 3 rings (SSSR count). The lowest BCUT2D eigenvalue weighted by Gasteiger charge is -2.29. The van der Waals surface area contributed by atoms with Crippen molar-refractivity contribution < 1.29 is 14.3 Å². The summed E-state index contributed by atoms with van der Waals surface area (Å²) in [6, 6.07) is 6.49. The number of anilines is 1. The summed E-state index contributed by atoms with van der Waals surface area (Å²) in [5, 5.41) is 12.9. The normalized spacial score (nSPS) is 15.1. The summed E-state index contributed by atoms with van der Waals surface area (Å²) in [6.07, 6.45) is 3.37. The van der Waals surface area contributed by atoms with Gasteiger partial charge in [0.05, 0.1) is 11.4 Å². The highest BCUT2D eigenvalue weighted by atomic mass is 19.1. The third-order valence-corrected chi connectivity index (χ3v) is 4.04. The third-order valence-electron chi connectivity index (χ3n) is 4.04. The number of aromatic nitrogens is 2. The molecule has 0 aliphatic carbocycles. The van der Waals surface area contributed by atoms with Crippen molar-refractivity contribution >= 4 is 11.7 Å². The van der Waals surface area contributed by atoms with Gasteiger partial charge in [-0.25, -0.2) is 9.18 Å². The van der Waals surface area contributed by atoms with Gasteiger partial charge in [0.25, 0.3) is 0 Å². The number of carboxylic acid groups (broad SMARTS) is 1. The predicted octanol–water partition coefficient (Wildman–Crippen LogP) is 2.91. The van der Waals surface area contributed by atoms with Crippen LogP contribution in [0.15, 0.2) is 24.3 Å². The number of hydrogen-bond acceptors (Lipinski definition) is 3. The molecule has 1 aromatic heterocycles. The van der Waals surface area contributed by atoms with Crippen LogP contribution in [0, 0.1) is 5.82 Å². The van der Waals surface area contributed by atoms with Crippen molar-refractivity contribution in [2.45, 2.75) is 19.3 Å². The van der Waals surface area contributed by atoms with Crippen LogP contribution < -0.4 is 4.90 Å². The molecule has 1 N–H and O–H groups in total. The molecule has 1 saturated heterocycles. The minimum absolute atomic E-state index is 0.0435. The zero-order chi connectivity index (χ0) is 15.7. The molecule has 1 fully saturated rings. The number of carbonyl (C=O) groups is 1. The molecule has 1 aliphatic rings. The van der Waals surface area contributed by atoms with E-state index in [9.17, 15) is 9.18 Å². The van der Waals surface area contributed by atoms with Gasteiger partial charge in [0.1, 0.15) is 5.82 Å². The van der Waals surface area contributed by atoms with Crippen LogP contribution in [-0.2, 0) is 7.05 Å². The van der Waals surface area contributed by atoms with Gasteiger partial charge in [-0.2, -0.15) is 5.10 Å². The van der Waals surface area contributed by atoms with E-state index in [-0.39, 0.29) is 11.5 Å². The lowest BCUT2D eigenvalue weighted by molar-refractivity contribution is 0.0689.